The molecule has 0 saturated heterocycles. The van der Waals surface area contributed by atoms with E-state index in [-0.39, 0.29) is 4.90 Å². The van der Waals surface area contributed by atoms with Gasteiger partial charge in [0.25, 0.3) is 15.7 Å². The van der Waals surface area contributed by atoms with E-state index in [2.05, 4.69) is 0 Å². The van der Waals surface area contributed by atoms with E-state index in [4.69, 9.17) is 0 Å². The molecule has 0 spiro atoms. The fourth-order valence-electron chi connectivity index (χ4n) is 1.76. The highest BCUT2D eigenvalue weighted by molar-refractivity contribution is 7.92. The predicted molar refractivity (Wildman–Crippen MR) is 75.0 cm³/mol. The number of halogens is 1. The summed E-state index contributed by atoms with van der Waals surface area (Å²) in [6, 6.07) is 8.80. The van der Waals surface area contributed by atoms with E-state index in [1.807, 2.05) is 4.72 Å². The number of sulfonamides is 1. The number of benzene rings is 2. The van der Waals surface area contributed by atoms with E-state index in [9.17, 15) is 22.9 Å². The highest BCUT2D eigenvalue weighted by Gasteiger charge is 2.20. The lowest BCUT2D eigenvalue weighted by molar-refractivity contribution is -0.384. The van der Waals surface area contributed by atoms with Crippen LogP contribution in [0.3, 0.4) is 0 Å². The minimum Gasteiger partial charge on any atom is -0.276 e. The molecule has 0 fully saturated rings. The summed E-state index contributed by atoms with van der Waals surface area (Å²) in [7, 11) is -4.02. The fraction of sp³-hybridized carbons (Fsp3) is 0.0769. The van der Waals surface area contributed by atoms with Crippen LogP contribution >= 0.6 is 0 Å². The molecule has 0 saturated carbocycles. The number of nitro benzene ring substituents is 1. The van der Waals surface area contributed by atoms with Crippen molar-refractivity contribution in [3.63, 3.8) is 0 Å². The number of nitrogens with one attached hydrogen (secondary N) is 1. The van der Waals surface area contributed by atoms with Gasteiger partial charge in [-0.15, -0.1) is 0 Å². The zero-order valence-electron chi connectivity index (χ0n) is 10.9. The molecular weight excluding hydrogens is 299 g/mol. The second kappa shape index (κ2) is 5.49. The van der Waals surface area contributed by atoms with E-state index in [1.165, 1.54) is 12.1 Å². The molecule has 0 aliphatic heterocycles. The van der Waals surface area contributed by atoms with Crippen molar-refractivity contribution in [3.05, 3.63) is 64.0 Å². The highest BCUT2D eigenvalue weighted by Crippen LogP contribution is 2.25. The maximum Gasteiger partial charge on any atom is 0.271 e. The minimum absolute atomic E-state index is 0.0177. The third kappa shape index (κ3) is 3.16. The van der Waals surface area contributed by atoms with Gasteiger partial charge in [-0.05, 0) is 24.6 Å². The second-order valence-electron chi connectivity index (χ2n) is 4.29. The first-order valence-electron chi connectivity index (χ1n) is 5.83. The van der Waals surface area contributed by atoms with Gasteiger partial charge in [0.05, 0.1) is 15.5 Å². The molecule has 0 unspecified atom stereocenters. The zero-order valence-corrected chi connectivity index (χ0v) is 11.7. The summed E-state index contributed by atoms with van der Waals surface area (Å²) in [5.41, 5.74) is -0.387. The summed E-state index contributed by atoms with van der Waals surface area (Å²) in [6.45, 7) is 1.60. The summed E-state index contributed by atoms with van der Waals surface area (Å²) in [5.74, 6) is -0.891. The Morgan fingerprint density at radius 2 is 1.86 bits per heavy atom. The Bertz CT molecular complexity index is 806. The van der Waals surface area contributed by atoms with Gasteiger partial charge in [0, 0.05) is 12.1 Å². The molecule has 1 N–H and O–H groups in total. The Kier molecular flexibility index (Phi) is 3.90. The average molecular weight is 310 g/mol. The van der Waals surface area contributed by atoms with Crippen molar-refractivity contribution < 1.29 is 17.7 Å². The van der Waals surface area contributed by atoms with Crippen LogP contribution in [-0.2, 0) is 10.0 Å². The lowest BCUT2D eigenvalue weighted by Gasteiger charge is -2.10. The molecule has 2 aromatic rings. The number of anilines is 1. The molecular formula is C13H11FN2O4S. The summed E-state index contributed by atoms with van der Waals surface area (Å²) in [6.07, 6.45) is 0. The van der Waals surface area contributed by atoms with E-state index >= 15 is 0 Å². The smallest absolute Gasteiger partial charge is 0.271 e. The second-order valence-corrected chi connectivity index (χ2v) is 5.94. The number of hydrogen-bond acceptors (Lipinski definition) is 4. The van der Waals surface area contributed by atoms with E-state index < -0.39 is 32.1 Å². The van der Waals surface area contributed by atoms with Crippen molar-refractivity contribution in [2.45, 2.75) is 11.8 Å². The van der Waals surface area contributed by atoms with Crippen molar-refractivity contribution in [1.29, 1.82) is 0 Å². The molecule has 0 aliphatic carbocycles. The molecule has 110 valence electrons. The van der Waals surface area contributed by atoms with Gasteiger partial charge in [0.15, 0.2) is 0 Å². The molecule has 21 heavy (non-hydrogen) atoms. The summed E-state index contributed by atoms with van der Waals surface area (Å²) >= 11 is 0. The van der Waals surface area contributed by atoms with Crippen molar-refractivity contribution in [2.75, 3.05) is 4.72 Å². The Balaban J connectivity index is 2.44. The van der Waals surface area contributed by atoms with Crippen molar-refractivity contribution in [3.8, 4) is 0 Å². The number of non-ortho nitro benzene ring substituents is 1. The first-order chi connectivity index (χ1) is 9.81. The maximum atomic E-state index is 13.6. The van der Waals surface area contributed by atoms with Crippen LogP contribution in [0.4, 0.5) is 15.8 Å². The minimum atomic E-state index is -4.02. The van der Waals surface area contributed by atoms with E-state index in [0.29, 0.717) is 5.56 Å². The standard InChI is InChI=1S/C13H11FN2O4S/c1-9-4-2-3-5-13(9)21(19,20)15-12-8-10(16(17)18)6-7-11(12)14/h2-8,15H,1H3. The van der Waals surface area contributed by atoms with Crippen LogP contribution in [0.25, 0.3) is 0 Å². The van der Waals surface area contributed by atoms with Gasteiger partial charge in [-0.3, -0.25) is 14.8 Å². The first-order valence-corrected chi connectivity index (χ1v) is 7.32. The van der Waals surface area contributed by atoms with Gasteiger partial charge in [0.1, 0.15) is 5.82 Å². The van der Waals surface area contributed by atoms with Gasteiger partial charge in [-0.2, -0.15) is 0 Å². The summed E-state index contributed by atoms with van der Waals surface area (Å²) < 4.78 is 40.1. The normalized spacial score (nSPS) is 11.1. The molecule has 0 bridgehead atoms. The first kappa shape index (κ1) is 14.9. The number of rotatable bonds is 4. The third-order valence-corrected chi connectivity index (χ3v) is 4.31. The third-order valence-electron chi connectivity index (χ3n) is 2.79. The van der Waals surface area contributed by atoms with Crippen molar-refractivity contribution in [2.24, 2.45) is 0 Å². The van der Waals surface area contributed by atoms with Crippen LogP contribution in [0.15, 0.2) is 47.4 Å². The highest BCUT2D eigenvalue weighted by atomic mass is 32.2. The van der Waals surface area contributed by atoms with Crippen LogP contribution in [0.1, 0.15) is 5.56 Å². The zero-order chi connectivity index (χ0) is 15.6. The molecule has 6 nitrogen and oxygen atoms in total. The molecule has 0 radical (unpaired) electrons. The number of nitrogens with zero attached hydrogens (tertiary/aromatic N) is 1. The van der Waals surface area contributed by atoms with Crippen molar-refractivity contribution >= 4 is 21.4 Å². The monoisotopic (exact) mass is 310 g/mol. The molecule has 0 heterocycles. The lowest BCUT2D eigenvalue weighted by Crippen LogP contribution is -2.15. The molecule has 8 heteroatoms. The largest absolute Gasteiger partial charge is 0.276 e. The summed E-state index contributed by atoms with van der Waals surface area (Å²) in [4.78, 5) is 9.91. The van der Waals surface area contributed by atoms with Crippen LogP contribution in [-0.4, -0.2) is 13.3 Å². The molecule has 2 rings (SSSR count). The van der Waals surface area contributed by atoms with E-state index in [0.717, 1.165) is 18.2 Å². The molecule has 0 amide bonds. The topological polar surface area (TPSA) is 89.3 Å². The number of hydrogen-bond donors (Lipinski definition) is 1. The quantitative estimate of drug-likeness (QED) is 0.694. The fourth-order valence-corrected chi connectivity index (χ4v) is 3.07. The SMILES string of the molecule is Cc1ccccc1S(=O)(=O)Nc1cc([N+](=O)[O-])ccc1F. The van der Waals surface area contributed by atoms with Crippen LogP contribution < -0.4 is 4.72 Å². The molecule has 0 aromatic heterocycles. The molecule has 0 atom stereocenters. The van der Waals surface area contributed by atoms with Crippen LogP contribution in [0.5, 0.6) is 0 Å². The Hall–Kier alpha value is -2.48. The van der Waals surface area contributed by atoms with E-state index in [1.54, 1.807) is 19.1 Å². The van der Waals surface area contributed by atoms with Gasteiger partial charge in [-0.25, -0.2) is 12.8 Å². The van der Waals surface area contributed by atoms with Gasteiger partial charge >= 0.3 is 0 Å². The average Bonchev–Trinajstić information content (AvgIpc) is 2.41. The van der Waals surface area contributed by atoms with Crippen LogP contribution in [0.2, 0.25) is 0 Å². The Labute approximate surface area is 120 Å². The Morgan fingerprint density at radius 1 is 1.19 bits per heavy atom. The number of aryl methyl sites for hydroxylation is 1. The van der Waals surface area contributed by atoms with Gasteiger partial charge in [-0.1, -0.05) is 18.2 Å². The predicted octanol–water partition coefficient (Wildman–Crippen LogP) is 2.84. The van der Waals surface area contributed by atoms with Crippen molar-refractivity contribution in [1.82, 2.24) is 0 Å². The summed E-state index contributed by atoms with van der Waals surface area (Å²) in [5, 5.41) is 10.7. The molecule has 0 aliphatic rings. The van der Waals surface area contributed by atoms with Crippen LogP contribution in [0, 0.1) is 22.9 Å². The molecule has 2 aromatic carbocycles. The van der Waals surface area contributed by atoms with Gasteiger partial charge < -0.3 is 0 Å². The number of nitro groups is 1. The maximum absolute atomic E-state index is 13.6. The van der Waals surface area contributed by atoms with Gasteiger partial charge in [0.2, 0.25) is 0 Å². The Morgan fingerprint density at radius 3 is 2.48 bits per heavy atom. The lowest BCUT2D eigenvalue weighted by atomic mass is 10.2.